The maximum absolute atomic E-state index is 11.8. The number of nitrogens with zero attached hydrogens (tertiary/aromatic N) is 1. The Morgan fingerprint density at radius 3 is 2.42 bits per heavy atom. The number of methoxy groups -OCH3 is 1. The zero-order chi connectivity index (χ0) is 18.0. The quantitative estimate of drug-likeness (QED) is 0.828. The molecule has 1 aromatic rings. The molecule has 26 heavy (non-hydrogen) atoms. The van der Waals surface area contributed by atoms with E-state index in [9.17, 15) is 5.11 Å². The molecule has 1 unspecified atom stereocenters. The number of piperidine rings is 3. The summed E-state index contributed by atoms with van der Waals surface area (Å²) in [4.78, 5) is 2.46. The van der Waals surface area contributed by atoms with Crippen molar-refractivity contribution in [3.05, 3.63) is 35.9 Å². The lowest BCUT2D eigenvalue weighted by Gasteiger charge is -2.50. The molecule has 4 heteroatoms. The Morgan fingerprint density at radius 2 is 1.85 bits per heavy atom. The fraction of sp³-hybridized carbons (Fsp3) is 0.636. The molecular formula is C22H29NO2S. The summed E-state index contributed by atoms with van der Waals surface area (Å²) >= 11 is 1.98. The average Bonchev–Trinajstić information content (AvgIpc) is 2.74. The molecule has 0 aliphatic carbocycles. The maximum Gasteiger partial charge on any atom is 0.153 e. The third-order valence-corrected chi connectivity index (χ3v) is 7.61. The molecule has 4 saturated heterocycles. The minimum atomic E-state index is -1.08. The molecule has 4 aliphatic rings. The van der Waals surface area contributed by atoms with Gasteiger partial charge in [0.1, 0.15) is 5.60 Å². The molecule has 2 atom stereocenters. The molecule has 0 saturated carbocycles. The van der Waals surface area contributed by atoms with Crippen LogP contribution in [0.5, 0.6) is 0 Å². The lowest BCUT2D eigenvalue weighted by molar-refractivity contribution is -0.0967. The molecule has 0 spiro atoms. The molecule has 0 amide bonds. The van der Waals surface area contributed by atoms with E-state index in [0.29, 0.717) is 5.92 Å². The van der Waals surface area contributed by atoms with Crippen molar-refractivity contribution in [2.75, 3.05) is 38.2 Å². The number of rotatable bonds is 3. The lowest BCUT2D eigenvalue weighted by Crippen LogP contribution is -2.59. The van der Waals surface area contributed by atoms with Gasteiger partial charge in [0.25, 0.3) is 0 Å². The van der Waals surface area contributed by atoms with Crippen molar-refractivity contribution < 1.29 is 9.84 Å². The Bertz CT molecular complexity index is 670. The van der Waals surface area contributed by atoms with Gasteiger partial charge in [-0.15, -0.1) is 0 Å². The van der Waals surface area contributed by atoms with E-state index in [4.69, 9.17) is 4.74 Å². The van der Waals surface area contributed by atoms with Crippen LogP contribution in [0, 0.1) is 23.7 Å². The number of ether oxygens (including phenoxy) is 1. The summed E-state index contributed by atoms with van der Waals surface area (Å²) in [5.74, 6) is 9.73. The topological polar surface area (TPSA) is 32.7 Å². The molecule has 0 aromatic heterocycles. The van der Waals surface area contributed by atoms with Crippen LogP contribution in [0.25, 0.3) is 0 Å². The summed E-state index contributed by atoms with van der Waals surface area (Å²) in [5.41, 5.74) is -0.584. The van der Waals surface area contributed by atoms with Crippen molar-refractivity contribution in [2.24, 2.45) is 11.8 Å². The smallest absolute Gasteiger partial charge is 0.153 e. The first kappa shape index (κ1) is 18.4. The monoisotopic (exact) mass is 371 g/mol. The highest BCUT2D eigenvalue weighted by atomic mass is 32.2. The first-order valence-corrected chi connectivity index (χ1v) is 11.0. The Kier molecular flexibility index (Phi) is 5.34. The third kappa shape index (κ3) is 3.31. The fourth-order valence-corrected chi connectivity index (χ4v) is 5.97. The molecule has 5 rings (SSSR count). The number of benzene rings is 1. The second kappa shape index (κ2) is 7.56. The van der Waals surface area contributed by atoms with Crippen LogP contribution in [0.1, 0.15) is 31.2 Å². The van der Waals surface area contributed by atoms with Crippen molar-refractivity contribution in [1.29, 1.82) is 0 Å². The predicted octanol–water partition coefficient (Wildman–Crippen LogP) is 3.13. The number of fused-ring (bicyclic) bond motifs is 3. The summed E-state index contributed by atoms with van der Waals surface area (Å²) in [7, 11) is 1.79. The van der Waals surface area contributed by atoms with E-state index < -0.39 is 11.2 Å². The van der Waals surface area contributed by atoms with Crippen LogP contribution >= 0.6 is 11.8 Å². The number of aliphatic hydroxyl groups is 1. The van der Waals surface area contributed by atoms with Crippen LogP contribution in [0.2, 0.25) is 0 Å². The zero-order valence-corrected chi connectivity index (χ0v) is 16.4. The van der Waals surface area contributed by atoms with Crippen molar-refractivity contribution in [1.82, 2.24) is 4.90 Å². The number of hydrogen-bond donors (Lipinski definition) is 1. The van der Waals surface area contributed by atoms with Gasteiger partial charge in [-0.05, 0) is 55.8 Å². The van der Waals surface area contributed by atoms with Gasteiger partial charge >= 0.3 is 0 Å². The zero-order valence-electron chi connectivity index (χ0n) is 15.6. The Labute approximate surface area is 161 Å². The number of thioether (sulfide) groups is 1. The molecule has 4 fully saturated rings. The van der Waals surface area contributed by atoms with E-state index >= 15 is 0 Å². The van der Waals surface area contributed by atoms with Gasteiger partial charge in [0.2, 0.25) is 0 Å². The van der Waals surface area contributed by atoms with Crippen molar-refractivity contribution in [2.45, 2.75) is 36.9 Å². The highest BCUT2D eigenvalue weighted by molar-refractivity contribution is 7.99. The van der Waals surface area contributed by atoms with Crippen LogP contribution in [0.3, 0.4) is 0 Å². The van der Waals surface area contributed by atoms with E-state index in [1.54, 1.807) is 7.11 Å². The Hall–Kier alpha value is -0.990. The van der Waals surface area contributed by atoms with E-state index in [0.717, 1.165) is 62.4 Å². The molecule has 3 nitrogen and oxygen atoms in total. The fourth-order valence-electron chi connectivity index (χ4n) is 4.86. The molecule has 1 N–H and O–H groups in total. The normalized spacial score (nSPS) is 33.9. The molecule has 2 bridgehead atoms. The molecule has 4 aliphatic heterocycles. The second-order valence-electron chi connectivity index (χ2n) is 7.91. The maximum atomic E-state index is 11.8. The molecule has 1 aromatic carbocycles. The highest BCUT2D eigenvalue weighted by Crippen LogP contribution is 2.41. The van der Waals surface area contributed by atoms with E-state index in [-0.39, 0.29) is 5.92 Å². The Morgan fingerprint density at radius 1 is 1.15 bits per heavy atom. The summed E-state index contributed by atoms with van der Waals surface area (Å²) < 4.78 is 6.00. The largest absolute Gasteiger partial charge is 0.373 e. The lowest BCUT2D eigenvalue weighted by atomic mass is 9.73. The summed E-state index contributed by atoms with van der Waals surface area (Å²) in [6.07, 6.45) is 4.32. The van der Waals surface area contributed by atoms with E-state index in [1.807, 2.05) is 42.1 Å². The van der Waals surface area contributed by atoms with Gasteiger partial charge in [-0.25, -0.2) is 0 Å². The minimum absolute atomic E-state index is 0.189. The molecular weight excluding hydrogens is 342 g/mol. The van der Waals surface area contributed by atoms with Gasteiger partial charge in [-0.1, -0.05) is 42.2 Å². The summed E-state index contributed by atoms with van der Waals surface area (Å²) in [6, 6.07) is 10.0. The van der Waals surface area contributed by atoms with E-state index in [1.165, 1.54) is 0 Å². The second-order valence-corrected chi connectivity index (χ2v) is 9.14. The van der Waals surface area contributed by atoms with Crippen molar-refractivity contribution in [3.8, 4) is 11.8 Å². The standard InChI is InChI=1S/C22H29NO2S/c1-25-21(17-23-13-7-18(21)8-14-23)11-12-22(24,19-5-3-2-4-6-19)20-9-15-26-16-10-20/h2-6,18,20,24H,7-10,13-17H2,1H3/t21-,22?/m1/s1. The molecule has 0 radical (unpaired) electrons. The van der Waals surface area contributed by atoms with Gasteiger partial charge in [0.15, 0.2) is 5.60 Å². The third-order valence-electron chi connectivity index (χ3n) is 6.56. The van der Waals surface area contributed by atoms with Crippen LogP contribution in [0.4, 0.5) is 0 Å². The molecule has 140 valence electrons. The number of hydrogen-bond acceptors (Lipinski definition) is 4. The minimum Gasteiger partial charge on any atom is -0.373 e. The van der Waals surface area contributed by atoms with Gasteiger partial charge in [-0.2, -0.15) is 11.8 Å². The van der Waals surface area contributed by atoms with Gasteiger partial charge in [0, 0.05) is 25.5 Å². The van der Waals surface area contributed by atoms with Crippen molar-refractivity contribution >= 4 is 11.8 Å². The average molecular weight is 372 g/mol. The first-order valence-electron chi connectivity index (χ1n) is 9.84. The van der Waals surface area contributed by atoms with Gasteiger partial charge in [0.05, 0.1) is 0 Å². The van der Waals surface area contributed by atoms with Crippen molar-refractivity contribution in [3.63, 3.8) is 0 Å². The van der Waals surface area contributed by atoms with Gasteiger partial charge in [-0.3, -0.25) is 4.90 Å². The van der Waals surface area contributed by atoms with Crippen LogP contribution in [-0.4, -0.2) is 53.9 Å². The SMILES string of the molecule is CO[C@]1(C#CC(O)(c2ccccc2)C2CCSCC2)CN2CCC1CC2. The van der Waals surface area contributed by atoms with E-state index in [2.05, 4.69) is 16.7 Å². The summed E-state index contributed by atoms with van der Waals surface area (Å²) in [5, 5.41) is 11.8. The highest BCUT2D eigenvalue weighted by Gasteiger charge is 2.47. The summed E-state index contributed by atoms with van der Waals surface area (Å²) in [6.45, 7) is 3.17. The van der Waals surface area contributed by atoms with Crippen LogP contribution < -0.4 is 0 Å². The van der Waals surface area contributed by atoms with Gasteiger partial charge < -0.3 is 9.84 Å². The van der Waals surface area contributed by atoms with Crippen LogP contribution in [-0.2, 0) is 10.3 Å². The van der Waals surface area contributed by atoms with Crippen LogP contribution in [0.15, 0.2) is 30.3 Å². The first-order chi connectivity index (χ1) is 12.7. The molecule has 4 heterocycles. The predicted molar refractivity (Wildman–Crippen MR) is 107 cm³/mol. The Balaban J connectivity index is 1.70.